The number of rotatable bonds is 7. The minimum atomic E-state index is 0.811. The lowest BCUT2D eigenvalue weighted by Crippen LogP contribution is -2.38. The van der Waals surface area contributed by atoms with Gasteiger partial charge in [-0.1, -0.05) is 30.4 Å². The SMILES string of the molecule is C/C=C/CCN=C(NCC)NCCc1c[nH]c2c(C)cccc12. The predicted octanol–water partition coefficient (Wildman–Crippen LogP) is 3.54. The summed E-state index contributed by atoms with van der Waals surface area (Å²) in [5.41, 5.74) is 3.89. The highest BCUT2D eigenvalue weighted by atomic mass is 15.2. The molecule has 2 aromatic rings. The van der Waals surface area contributed by atoms with Crippen LogP contribution in [0.3, 0.4) is 0 Å². The summed E-state index contributed by atoms with van der Waals surface area (Å²) in [6.07, 6.45) is 8.28. The second kappa shape index (κ2) is 9.03. The fourth-order valence-electron chi connectivity index (χ4n) is 2.65. The Hall–Kier alpha value is -2.23. The van der Waals surface area contributed by atoms with Crippen molar-refractivity contribution in [2.45, 2.75) is 33.6 Å². The van der Waals surface area contributed by atoms with Gasteiger partial charge in [-0.25, -0.2) is 0 Å². The number of fused-ring (bicyclic) bond motifs is 1. The summed E-state index contributed by atoms with van der Waals surface area (Å²) in [6.45, 7) is 8.83. The van der Waals surface area contributed by atoms with E-state index in [1.54, 1.807) is 0 Å². The molecule has 0 atom stereocenters. The molecule has 23 heavy (non-hydrogen) atoms. The molecule has 4 nitrogen and oxygen atoms in total. The summed E-state index contributed by atoms with van der Waals surface area (Å²) >= 11 is 0. The maximum Gasteiger partial charge on any atom is 0.191 e. The van der Waals surface area contributed by atoms with Crippen LogP contribution in [0.1, 0.15) is 31.4 Å². The lowest BCUT2D eigenvalue weighted by atomic mass is 10.1. The summed E-state index contributed by atoms with van der Waals surface area (Å²) in [6, 6.07) is 6.45. The molecular formula is C19H28N4. The van der Waals surface area contributed by atoms with Crippen LogP contribution < -0.4 is 10.6 Å². The van der Waals surface area contributed by atoms with Gasteiger partial charge in [0.1, 0.15) is 0 Å². The van der Waals surface area contributed by atoms with Gasteiger partial charge in [0, 0.05) is 36.7 Å². The first kappa shape index (κ1) is 17.1. The molecule has 0 saturated carbocycles. The van der Waals surface area contributed by atoms with E-state index in [0.717, 1.165) is 38.4 Å². The summed E-state index contributed by atoms with van der Waals surface area (Å²) in [4.78, 5) is 7.97. The van der Waals surface area contributed by atoms with Crippen molar-refractivity contribution in [1.29, 1.82) is 0 Å². The third-order valence-corrected chi connectivity index (χ3v) is 3.84. The number of hydrogen-bond donors (Lipinski definition) is 3. The van der Waals surface area contributed by atoms with Crippen molar-refractivity contribution in [3.63, 3.8) is 0 Å². The van der Waals surface area contributed by atoms with E-state index in [1.165, 1.54) is 22.0 Å². The van der Waals surface area contributed by atoms with E-state index in [-0.39, 0.29) is 0 Å². The first-order valence-electron chi connectivity index (χ1n) is 8.45. The number of aliphatic imine (C=N–C) groups is 1. The molecule has 124 valence electrons. The Morgan fingerprint density at radius 2 is 2.17 bits per heavy atom. The standard InChI is InChI=1S/C19H28N4/c1-4-6-7-12-21-19(20-5-2)22-13-11-16-14-23-18-15(3)9-8-10-17(16)18/h4,6,8-10,14,23H,5,7,11-13H2,1-3H3,(H2,20,21,22)/b6-4+. The highest BCUT2D eigenvalue weighted by Gasteiger charge is 2.05. The zero-order chi connectivity index (χ0) is 16.5. The van der Waals surface area contributed by atoms with Crippen LogP contribution in [0.4, 0.5) is 0 Å². The molecule has 4 heteroatoms. The van der Waals surface area contributed by atoms with Gasteiger partial charge in [0.25, 0.3) is 0 Å². The van der Waals surface area contributed by atoms with Crippen LogP contribution in [0.15, 0.2) is 41.5 Å². The van der Waals surface area contributed by atoms with Crippen LogP contribution in [0.2, 0.25) is 0 Å². The Balaban J connectivity index is 1.91. The first-order chi connectivity index (χ1) is 11.3. The van der Waals surface area contributed by atoms with Crippen molar-refractivity contribution in [3.8, 4) is 0 Å². The molecule has 0 unspecified atom stereocenters. The molecule has 1 aromatic carbocycles. The van der Waals surface area contributed by atoms with E-state index < -0.39 is 0 Å². The first-order valence-corrected chi connectivity index (χ1v) is 8.45. The number of benzene rings is 1. The van der Waals surface area contributed by atoms with Crippen molar-refractivity contribution in [1.82, 2.24) is 15.6 Å². The normalized spacial score (nSPS) is 12.2. The molecule has 1 aromatic heterocycles. The Morgan fingerprint density at radius 3 is 2.96 bits per heavy atom. The number of nitrogens with zero attached hydrogens (tertiary/aromatic N) is 1. The van der Waals surface area contributed by atoms with Gasteiger partial charge < -0.3 is 15.6 Å². The van der Waals surface area contributed by atoms with E-state index in [4.69, 9.17) is 0 Å². The molecule has 0 fully saturated rings. The number of guanidine groups is 1. The number of nitrogens with one attached hydrogen (secondary N) is 3. The summed E-state index contributed by atoms with van der Waals surface area (Å²) < 4.78 is 0. The molecule has 0 amide bonds. The third kappa shape index (κ3) is 4.88. The quantitative estimate of drug-likeness (QED) is 0.317. The average Bonchev–Trinajstić information content (AvgIpc) is 2.96. The van der Waals surface area contributed by atoms with Crippen LogP contribution >= 0.6 is 0 Å². The van der Waals surface area contributed by atoms with Crippen molar-refractivity contribution < 1.29 is 0 Å². The van der Waals surface area contributed by atoms with Crippen LogP contribution in [-0.4, -0.2) is 30.6 Å². The van der Waals surface area contributed by atoms with Crippen molar-refractivity contribution in [2.24, 2.45) is 4.99 Å². The molecular weight excluding hydrogens is 284 g/mol. The van der Waals surface area contributed by atoms with E-state index in [9.17, 15) is 0 Å². The number of hydrogen-bond acceptors (Lipinski definition) is 1. The van der Waals surface area contributed by atoms with E-state index in [2.05, 4.69) is 71.0 Å². The molecule has 0 aliphatic heterocycles. The van der Waals surface area contributed by atoms with Gasteiger partial charge >= 0.3 is 0 Å². The van der Waals surface area contributed by atoms with Gasteiger partial charge in [0.05, 0.1) is 0 Å². The maximum absolute atomic E-state index is 4.58. The maximum atomic E-state index is 4.58. The van der Waals surface area contributed by atoms with E-state index in [0.29, 0.717) is 0 Å². The minimum absolute atomic E-state index is 0.811. The summed E-state index contributed by atoms with van der Waals surface area (Å²) in [7, 11) is 0. The molecule has 0 spiro atoms. The fraction of sp³-hybridized carbons (Fsp3) is 0.421. The molecule has 2 rings (SSSR count). The molecule has 0 aliphatic rings. The lowest BCUT2D eigenvalue weighted by Gasteiger charge is -2.10. The average molecular weight is 312 g/mol. The second-order valence-electron chi connectivity index (χ2n) is 5.61. The van der Waals surface area contributed by atoms with E-state index in [1.807, 2.05) is 6.92 Å². The van der Waals surface area contributed by atoms with Crippen LogP contribution in [0.25, 0.3) is 10.9 Å². The van der Waals surface area contributed by atoms with Crippen molar-refractivity contribution in [3.05, 3.63) is 47.7 Å². The van der Waals surface area contributed by atoms with Gasteiger partial charge in [-0.2, -0.15) is 0 Å². The van der Waals surface area contributed by atoms with E-state index >= 15 is 0 Å². The highest BCUT2D eigenvalue weighted by molar-refractivity contribution is 5.86. The molecule has 0 radical (unpaired) electrons. The Morgan fingerprint density at radius 1 is 1.30 bits per heavy atom. The largest absolute Gasteiger partial charge is 0.361 e. The summed E-state index contributed by atoms with van der Waals surface area (Å²) in [5, 5.41) is 8.03. The predicted molar refractivity (Wildman–Crippen MR) is 100 cm³/mol. The lowest BCUT2D eigenvalue weighted by molar-refractivity contribution is 0.801. The zero-order valence-electron chi connectivity index (χ0n) is 14.4. The molecule has 0 bridgehead atoms. The van der Waals surface area contributed by atoms with Gasteiger partial charge in [-0.05, 0) is 44.7 Å². The Kier molecular flexibility index (Phi) is 6.73. The van der Waals surface area contributed by atoms with Crippen molar-refractivity contribution in [2.75, 3.05) is 19.6 Å². The second-order valence-corrected chi connectivity index (χ2v) is 5.61. The monoisotopic (exact) mass is 312 g/mol. The minimum Gasteiger partial charge on any atom is -0.361 e. The van der Waals surface area contributed by atoms with Crippen molar-refractivity contribution >= 4 is 16.9 Å². The number of allylic oxidation sites excluding steroid dienone is 1. The Labute approximate surface area is 139 Å². The van der Waals surface area contributed by atoms with Crippen LogP contribution in [0, 0.1) is 6.92 Å². The molecule has 0 saturated heterocycles. The number of aryl methyl sites for hydroxylation is 1. The number of aromatic nitrogens is 1. The fourth-order valence-corrected chi connectivity index (χ4v) is 2.65. The highest BCUT2D eigenvalue weighted by Crippen LogP contribution is 2.21. The third-order valence-electron chi connectivity index (χ3n) is 3.84. The van der Waals surface area contributed by atoms with Gasteiger partial charge in [0.2, 0.25) is 0 Å². The topological polar surface area (TPSA) is 52.2 Å². The van der Waals surface area contributed by atoms with Gasteiger partial charge in [0.15, 0.2) is 5.96 Å². The molecule has 1 heterocycles. The number of para-hydroxylation sites is 1. The Bertz CT molecular complexity index is 667. The smallest absolute Gasteiger partial charge is 0.191 e. The summed E-state index contributed by atoms with van der Waals surface area (Å²) in [5.74, 6) is 0.896. The number of H-pyrrole nitrogens is 1. The van der Waals surface area contributed by atoms with Gasteiger partial charge in [-0.3, -0.25) is 4.99 Å². The van der Waals surface area contributed by atoms with Gasteiger partial charge in [-0.15, -0.1) is 0 Å². The number of aromatic amines is 1. The molecule has 3 N–H and O–H groups in total. The zero-order valence-corrected chi connectivity index (χ0v) is 14.4. The van der Waals surface area contributed by atoms with Crippen LogP contribution in [0.5, 0.6) is 0 Å². The molecule has 0 aliphatic carbocycles. The van der Waals surface area contributed by atoms with Crippen LogP contribution in [-0.2, 0) is 6.42 Å².